The molecule has 13 nitrogen and oxygen atoms in total. The molecule has 3 aliphatic carbocycles. The minimum Gasteiger partial charge on any atom is -0.475 e. The first-order chi connectivity index (χ1) is 23.6. The molecule has 7 aliphatic rings. The Morgan fingerprint density at radius 2 is 1.76 bits per heavy atom. The quantitative estimate of drug-likeness (QED) is 0.357. The highest BCUT2D eigenvalue weighted by Gasteiger charge is 2.72. The molecule has 49 heavy (non-hydrogen) atoms. The number of aromatic nitrogens is 5. The number of ether oxygens (including phenoxy) is 1. The summed E-state index contributed by atoms with van der Waals surface area (Å²) in [5, 5.41) is 4.58. The molecule has 1 spiro atoms. The lowest BCUT2D eigenvalue weighted by atomic mass is 9.38. The van der Waals surface area contributed by atoms with Crippen molar-refractivity contribution in [2.24, 2.45) is 17.5 Å². The minimum atomic E-state index is -0.463. The van der Waals surface area contributed by atoms with Gasteiger partial charge in [0.05, 0.1) is 36.0 Å². The molecule has 256 valence electrons. The Labute approximate surface area is 286 Å². The van der Waals surface area contributed by atoms with Gasteiger partial charge in [0, 0.05) is 80.7 Å². The van der Waals surface area contributed by atoms with E-state index in [-0.39, 0.29) is 28.9 Å². The number of likely N-dealkylation sites (tertiary alicyclic amines) is 1. The zero-order chi connectivity index (χ0) is 33.5. The van der Waals surface area contributed by atoms with E-state index in [0.717, 1.165) is 93.2 Å². The molecule has 2 amide bonds. The smallest absolute Gasteiger partial charge is 0.236 e. The van der Waals surface area contributed by atoms with Gasteiger partial charge >= 0.3 is 0 Å². The molecule has 3 saturated carbocycles. The van der Waals surface area contributed by atoms with E-state index in [2.05, 4.69) is 24.9 Å². The molecule has 3 aromatic heterocycles. The zero-order valence-electron chi connectivity index (χ0n) is 28.6. The van der Waals surface area contributed by atoms with Crippen LogP contribution >= 0.6 is 0 Å². The number of anilines is 1. The number of piperazine rings is 1. The number of aliphatic imine (C=N–C) groups is 1. The van der Waals surface area contributed by atoms with Crippen LogP contribution in [0.1, 0.15) is 68.6 Å². The highest BCUT2D eigenvalue weighted by atomic mass is 16.5. The monoisotopic (exact) mass is 664 g/mol. The van der Waals surface area contributed by atoms with Crippen LogP contribution in [0.25, 0.3) is 0 Å². The van der Waals surface area contributed by atoms with E-state index in [9.17, 15) is 9.59 Å². The van der Waals surface area contributed by atoms with Gasteiger partial charge in [0.25, 0.3) is 0 Å². The van der Waals surface area contributed by atoms with Crippen molar-refractivity contribution >= 4 is 23.3 Å². The van der Waals surface area contributed by atoms with Gasteiger partial charge in [-0.1, -0.05) is 6.07 Å². The molecule has 1 atom stereocenters. The summed E-state index contributed by atoms with van der Waals surface area (Å²) in [5.74, 6) is 2.54. The summed E-state index contributed by atoms with van der Waals surface area (Å²) in [5.41, 5.74) is 3.52. The molecular formula is C36H44N10O3. The Hall–Kier alpha value is -4.23. The van der Waals surface area contributed by atoms with Crippen LogP contribution in [0.2, 0.25) is 0 Å². The van der Waals surface area contributed by atoms with E-state index in [1.165, 1.54) is 0 Å². The number of hydrogen-bond donors (Lipinski definition) is 0. The van der Waals surface area contributed by atoms with Crippen molar-refractivity contribution in [3.8, 4) is 5.88 Å². The third-order valence-electron chi connectivity index (χ3n) is 11.9. The van der Waals surface area contributed by atoms with Gasteiger partial charge in [-0.3, -0.25) is 34.0 Å². The van der Waals surface area contributed by atoms with Crippen LogP contribution in [0.4, 0.5) is 5.82 Å². The second kappa shape index (κ2) is 11.1. The predicted octanol–water partition coefficient (Wildman–Crippen LogP) is 2.19. The van der Waals surface area contributed by atoms with Crippen molar-refractivity contribution in [2.45, 2.75) is 69.6 Å². The van der Waals surface area contributed by atoms with Crippen LogP contribution in [0.15, 0.2) is 41.8 Å². The predicted molar refractivity (Wildman–Crippen MR) is 181 cm³/mol. The lowest BCUT2D eigenvalue weighted by Gasteiger charge is -2.73. The third-order valence-corrected chi connectivity index (χ3v) is 11.9. The molecule has 3 aromatic rings. The molecule has 13 heteroatoms. The van der Waals surface area contributed by atoms with Crippen molar-refractivity contribution in [3.63, 3.8) is 0 Å². The van der Waals surface area contributed by atoms with Gasteiger partial charge in [-0.15, -0.1) is 0 Å². The number of aryl methyl sites for hydroxylation is 1. The number of pyridine rings is 2. The summed E-state index contributed by atoms with van der Waals surface area (Å²) in [6.45, 7) is 10.3. The van der Waals surface area contributed by atoms with Gasteiger partial charge < -0.3 is 9.64 Å². The summed E-state index contributed by atoms with van der Waals surface area (Å²) < 4.78 is 7.50. The molecular weight excluding hydrogens is 620 g/mol. The Morgan fingerprint density at radius 3 is 2.47 bits per heavy atom. The lowest BCUT2D eigenvalue weighted by Crippen LogP contribution is -2.78. The summed E-state index contributed by atoms with van der Waals surface area (Å²) in [4.78, 5) is 54.9. The van der Waals surface area contributed by atoms with E-state index >= 15 is 0 Å². The highest BCUT2D eigenvalue weighted by Crippen LogP contribution is 2.69. The minimum absolute atomic E-state index is 0.0508. The van der Waals surface area contributed by atoms with Crippen LogP contribution in [-0.2, 0) is 28.6 Å². The Kier molecular flexibility index (Phi) is 7.00. The number of nitrogens with zero attached hydrogens (tertiary/aromatic N) is 10. The Balaban J connectivity index is 0.792. The molecule has 0 N–H and O–H groups in total. The SMILES string of the molecule is CC(C)Oc1ccc(C2=NCc3ccc(N4CC[C@]5(CCN(CC(=O)N6CCN(C78CC(c9ncn(C)n9)(C7)C8)CC6)C5)C4=O)nc32)cn1. The first-order valence-electron chi connectivity index (χ1n) is 17.8. The van der Waals surface area contributed by atoms with Crippen LogP contribution in [0.5, 0.6) is 5.88 Å². The molecule has 10 rings (SSSR count). The first-order valence-corrected chi connectivity index (χ1v) is 17.8. The van der Waals surface area contributed by atoms with Gasteiger partial charge in [-0.05, 0) is 64.6 Å². The molecule has 0 unspecified atom stereocenters. The van der Waals surface area contributed by atoms with Crippen LogP contribution < -0.4 is 9.64 Å². The maximum Gasteiger partial charge on any atom is 0.236 e. The number of carbonyl (C=O) groups is 2. The maximum atomic E-state index is 14.0. The second-order valence-corrected chi connectivity index (χ2v) is 15.5. The van der Waals surface area contributed by atoms with E-state index in [1.807, 2.05) is 55.0 Å². The molecule has 0 radical (unpaired) electrons. The fourth-order valence-electron chi connectivity index (χ4n) is 9.38. The van der Waals surface area contributed by atoms with E-state index in [1.54, 1.807) is 17.2 Å². The number of carbonyl (C=O) groups excluding carboxylic acids is 2. The molecule has 3 saturated heterocycles. The standard InChI is InChI=1S/C36H44N10O3/c1-24(2)49-28-7-5-25(16-37-28)30-31-26(17-38-30)4-6-27(40-31)46-11-9-34(33(46)48)8-10-43(22-34)18-29(47)44-12-14-45(15-13-44)36-19-35(20-36,21-36)32-39-23-42(3)41-32/h4-7,16,23-24H,8-15,17-22H2,1-3H3/t34-,35?,36?/m0/s1. The van der Waals surface area contributed by atoms with Crippen molar-refractivity contribution in [3.05, 3.63) is 59.4 Å². The van der Waals surface area contributed by atoms with Gasteiger partial charge in [0.1, 0.15) is 12.1 Å². The van der Waals surface area contributed by atoms with Crippen LogP contribution in [-0.4, -0.2) is 121 Å². The van der Waals surface area contributed by atoms with Crippen molar-refractivity contribution in [1.29, 1.82) is 0 Å². The average Bonchev–Trinajstić information content (AvgIpc) is 3.84. The van der Waals surface area contributed by atoms with Crippen molar-refractivity contribution in [2.75, 3.05) is 57.3 Å². The summed E-state index contributed by atoms with van der Waals surface area (Å²) in [6.07, 6.45) is 8.57. The Morgan fingerprint density at radius 1 is 0.959 bits per heavy atom. The number of hydrogen-bond acceptors (Lipinski definition) is 10. The highest BCUT2D eigenvalue weighted by molar-refractivity contribution is 6.14. The Bertz CT molecular complexity index is 1830. The summed E-state index contributed by atoms with van der Waals surface area (Å²) in [6, 6.07) is 7.81. The molecule has 4 aliphatic heterocycles. The fraction of sp³-hybridized carbons (Fsp3) is 0.583. The normalized spacial score (nSPS) is 29.4. The fourth-order valence-corrected chi connectivity index (χ4v) is 9.38. The molecule has 7 heterocycles. The van der Waals surface area contributed by atoms with Gasteiger partial charge in [-0.25, -0.2) is 15.0 Å². The van der Waals surface area contributed by atoms with E-state index < -0.39 is 5.41 Å². The van der Waals surface area contributed by atoms with Crippen LogP contribution in [0, 0.1) is 5.41 Å². The third kappa shape index (κ3) is 4.99. The largest absolute Gasteiger partial charge is 0.475 e. The summed E-state index contributed by atoms with van der Waals surface area (Å²) in [7, 11) is 1.93. The van der Waals surface area contributed by atoms with E-state index in [4.69, 9.17) is 14.7 Å². The number of fused-ring (bicyclic) bond motifs is 1. The number of rotatable bonds is 8. The second-order valence-electron chi connectivity index (χ2n) is 15.5. The topological polar surface area (TPSA) is 125 Å². The summed E-state index contributed by atoms with van der Waals surface area (Å²) >= 11 is 0. The maximum absolute atomic E-state index is 14.0. The number of amides is 2. The van der Waals surface area contributed by atoms with Crippen molar-refractivity contribution < 1.29 is 14.3 Å². The van der Waals surface area contributed by atoms with E-state index in [0.29, 0.717) is 37.9 Å². The van der Waals surface area contributed by atoms with Crippen LogP contribution in [0.3, 0.4) is 0 Å². The van der Waals surface area contributed by atoms with Crippen molar-refractivity contribution in [1.82, 2.24) is 39.4 Å². The first kappa shape index (κ1) is 30.8. The van der Waals surface area contributed by atoms with Gasteiger partial charge in [0.15, 0.2) is 5.82 Å². The zero-order valence-corrected chi connectivity index (χ0v) is 28.6. The van der Waals surface area contributed by atoms with Gasteiger partial charge in [-0.2, -0.15) is 5.10 Å². The van der Waals surface area contributed by atoms with Gasteiger partial charge in [0.2, 0.25) is 17.7 Å². The molecule has 2 bridgehead atoms. The average molecular weight is 665 g/mol. The molecule has 6 fully saturated rings. The molecule has 0 aromatic carbocycles. The lowest BCUT2D eigenvalue weighted by molar-refractivity contribution is -0.184.